The Kier molecular flexibility index (Phi) is 5.44. The number of furan rings is 2. The molecule has 0 saturated carbocycles. The lowest BCUT2D eigenvalue weighted by molar-refractivity contribution is 0.547. The molecule has 0 unspecified atom stereocenters. The maximum atomic E-state index is 9.82. The highest BCUT2D eigenvalue weighted by Crippen LogP contribution is 2.46. The monoisotopic (exact) mass is 602 g/mol. The Hall–Kier alpha value is -6.31. The van der Waals surface area contributed by atoms with E-state index in [-0.39, 0.29) is 0 Å². The third kappa shape index (κ3) is 3.69. The maximum Gasteiger partial charge on any atom is 0.159 e. The Morgan fingerprint density at radius 1 is 0.596 bits per heavy atom. The molecular weight excluding hydrogens is 576 g/mol. The van der Waals surface area contributed by atoms with Crippen molar-refractivity contribution in [2.75, 3.05) is 0 Å². The van der Waals surface area contributed by atoms with Crippen LogP contribution in [0.3, 0.4) is 0 Å². The smallest absolute Gasteiger partial charge is 0.159 e. The largest absolute Gasteiger partial charge is 0.460 e. The number of fused-ring (bicyclic) bond motifs is 9. The molecule has 0 N–H and O–H groups in total. The van der Waals surface area contributed by atoms with Crippen molar-refractivity contribution < 1.29 is 8.83 Å². The van der Waals surface area contributed by atoms with Crippen LogP contribution in [0.1, 0.15) is 23.3 Å². The molecule has 0 saturated heterocycles. The number of allylic oxidation sites excluding steroid dienone is 1. The normalized spacial score (nSPS) is 12.8. The first kappa shape index (κ1) is 26.0. The highest BCUT2D eigenvalue weighted by molar-refractivity contribution is 6.20. The van der Waals surface area contributed by atoms with Crippen molar-refractivity contribution in [1.29, 1.82) is 5.26 Å². The van der Waals surface area contributed by atoms with Crippen LogP contribution < -0.4 is 0 Å². The summed E-state index contributed by atoms with van der Waals surface area (Å²) in [4.78, 5) is 0. The quantitative estimate of drug-likeness (QED) is 0.202. The minimum Gasteiger partial charge on any atom is -0.460 e. The van der Waals surface area contributed by atoms with Crippen LogP contribution in [0.5, 0.6) is 0 Å². The molecule has 0 bridgehead atoms. The SMILES string of the molecule is N#Cc1ccc2c3ccccc3n(-c3cccc4c3oc3c(-c5ccccc5)ccc(-c5cccc6c7c(oc56)CCC=C7)c34)c2c1. The van der Waals surface area contributed by atoms with E-state index in [9.17, 15) is 5.26 Å². The van der Waals surface area contributed by atoms with E-state index in [1.165, 1.54) is 5.56 Å². The van der Waals surface area contributed by atoms with Gasteiger partial charge in [0.15, 0.2) is 5.58 Å². The van der Waals surface area contributed by atoms with Crippen LogP contribution in [0.25, 0.3) is 88.7 Å². The van der Waals surface area contributed by atoms with Crippen molar-refractivity contribution in [2.45, 2.75) is 12.8 Å². The van der Waals surface area contributed by atoms with Crippen molar-refractivity contribution in [3.63, 3.8) is 0 Å². The third-order valence-electron chi connectivity index (χ3n) is 9.70. The number of benzene rings is 6. The summed E-state index contributed by atoms with van der Waals surface area (Å²) < 4.78 is 15.9. The van der Waals surface area contributed by atoms with Gasteiger partial charge in [0, 0.05) is 50.0 Å². The van der Waals surface area contributed by atoms with Crippen molar-refractivity contribution in [1.82, 2.24) is 4.57 Å². The van der Waals surface area contributed by atoms with Crippen LogP contribution in [-0.2, 0) is 6.42 Å². The number of aromatic nitrogens is 1. The fourth-order valence-electron chi connectivity index (χ4n) is 7.62. The zero-order valence-corrected chi connectivity index (χ0v) is 25.3. The lowest BCUT2D eigenvalue weighted by Gasteiger charge is -2.09. The molecule has 220 valence electrons. The first-order chi connectivity index (χ1) is 23.3. The van der Waals surface area contributed by atoms with E-state index in [2.05, 4.69) is 126 Å². The lowest BCUT2D eigenvalue weighted by atomic mass is 9.93. The Bertz CT molecular complexity index is 2800. The fourth-order valence-corrected chi connectivity index (χ4v) is 7.62. The van der Waals surface area contributed by atoms with Gasteiger partial charge in [-0.05, 0) is 47.9 Å². The predicted molar refractivity (Wildman–Crippen MR) is 191 cm³/mol. The molecule has 1 aliphatic carbocycles. The summed E-state index contributed by atoms with van der Waals surface area (Å²) >= 11 is 0. The van der Waals surface area contributed by atoms with Gasteiger partial charge in [0.2, 0.25) is 0 Å². The Balaban J connectivity index is 1.34. The molecule has 10 rings (SSSR count). The average molecular weight is 603 g/mol. The molecule has 6 aromatic carbocycles. The van der Waals surface area contributed by atoms with Gasteiger partial charge in [-0.2, -0.15) is 5.26 Å². The molecule has 4 nitrogen and oxygen atoms in total. The number of nitrogens with zero attached hydrogens (tertiary/aromatic N) is 2. The van der Waals surface area contributed by atoms with Crippen molar-refractivity contribution in [3.05, 3.63) is 144 Å². The number of hydrogen-bond donors (Lipinski definition) is 0. The van der Waals surface area contributed by atoms with Crippen molar-refractivity contribution in [2.24, 2.45) is 0 Å². The van der Waals surface area contributed by atoms with E-state index in [0.29, 0.717) is 5.56 Å². The number of para-hydroxylation sites is 3. The highest BCUT2D eigenvalue weighted by Gasteiger charge is 2.24. The molecule has 0 amide bonds. The molecule has 0 aliphatic heterocycles. The molecular formula is C43H26N2O2. The molecule has 4 heteroatoms. The minimum absolute atomic E-state index is 0.621. The van der Waals surface area contributed by atoms with Crippen molar-refractivity contribution >= 4 is 60.8 Å². The van der Waals surface area contributed by atoms with E-state index < -0.39 is 0 Å². The van der Waals surface area contributed by atoms with Gasteiger partial charge < -0.3 is 13.4 Å². The van der Waals surface area contributed by atoms with E-state index in [0.717, 1.165) is 101 Å². The van der Waals surface area contributed by atoms with Gasteiger partial charge in [-0.25, -0.2) is 0 Å². The Morgan fingerprint density at radius 3 is 2.30 bits per heavy atom. The summed E-state index contributed by atoms with van der Waals surface area (Å²) in [6, 6.07) is 44.3. The number of hydrogen-bond acceptors (Lipinski definition) is 3. The molecule has 1 aliphatic rings. The topological polar surface area (TPSA) is 55.0 Å². The molecule has 3 aromatic heterocycles. The zero-order valence-electron chi connectivity index (χ0n) is 25.3. The van der Waals surface area contributed by atoms with E-state index >= 15 is 0 Å². The van der Waals surface area contributed by atoms with E-state index in [1.54, 1.807) is 0 Å². The summed E-state index contributed by atoms with van der Waals surface area (Å²) in [5.41, 5.74) is 11.6. The Labute approximate surface area is 270 Å². The lowest BCUT2D eigenvalue weighted by Crippen LogP contribution is -1.94. The van der Waals surface area contributed by atoms with E-state index in [4.69, 9.17) is 8.83 Å². The molecule has 47 heavy (non-hydrogen) atoms. The molecule has 0 fully saturated rings. The van der Waals surface area contributed by atoms with Crippen molar-refractivity contribution in [3.8, 4) is 34.0 Å². The fraction of sp³-hybridized carbons (Fsp3) is 0.0465. The summed E-state index contributed by atoms with van der Waals surface area (Å²) in [5.74, 6) is 1.05. The molecule has 0 radical (unpaired) electrons. The van der Waals surface area contributed by atoms with Gasteiger partial charge in [0.25, 0.3) is 0 Å². The molecule has 0 atom stereocenters. The first-order valence-corrected chi connectivity index (χ1v) is 16.0. The van der Waals surface area contributed by atoms with Crippen LogP contribution in [0.2, 0.25) is 0 Å². The third-order valence-corrected chi connectivity index (χ3v) is 9.70. The maximum absolute atomic E-state index is 9.82. The zero-order chi connectivity index (χ0) is 31.1. The standard InChI is InChI=1S/C43H26N2O2/c44-25-26-20-21-30-29-12-4-6-17-36(29)45(38(30)24-26)37-18-9-16-35-40-32(23-22-28(43(40)47-42(35)37)27-10-2-1-3-11-27)34-15-8-14-33-31-13-5-7-19-39(31)46-41(33)34/h1-6,8-18,20-24H,7,19H2. The van der Waals surface area contributed by atoms with Gasteiger partial charge in [-0.1, -0.05) is 103 Å². The second-order valence-corrected chi connectivity index (χ2v) is 12.2. The summed E-state index contributed by atoms with van der Waals surface area (Å²) in [6.07, 6.45) is 6.33. The second-order valence-electron chi connectivity index (χ2n) is 12.2. The second kappa shape index (κ2) is 9.84. The van der Waals surface area contributed by atoms with Gasteiger partial charge in [-0.15, -0.1) is 0 Å². The minimum atomic E-state index is 0.621. The first-order valence-electron chi connectivity index (χ1n) is 16.0. The summed E-state index contributed by atoms with van der Waals surface area (Å²) in [6.45, 7) is 0. The number of aryl methyl sites for hydroxylation is 1. The van der Waals surface area contributed by atoms with Crippen LogP contribution in [-0.4, -0.2) is 4.57 Å². The molecule has 3 heterocycles. The van der Waals surface area contributed by atoms with Gasteiger partial charge >= 0.3 is 0 Å². The van der Waals surface area contributed by atoms with Crippen LogP contribution in [0.15, 0.2) is 136 Å². The van der Waals surface area contributed by atoms with E-state index in [1.807, 2.05) is 18.2 Å². The number of rotatable bonds is 3. The van der Waals surface area contributed by atoms with Gasteiger partial charge in [-0.3, -0.25) is 0 Å². The number of nitriles is 1. The van der Waals surface area contributed by atoms with Gasteiger partial charge in [0.05, 0.1) is 28.4 Å². The molecule has 9 aromatic rings. The van der Waals surface area contributed by atoms with Crippen LogP contribution in [0.4, 0.5) is 0 Å². The Morgan fingerprint density at radius 2 is 1.38 bits per heavy atom. The average Bonchev–Trinajstić information content (AvgIpc) is 3.81. The predicted octanol–water partition coefficient (Wildman–Crippen LogP) is 11.6. The summed E-state index contributed by atoms with van der Waals surface area (Å²) in [5, 5.41) is 15.3. The van der Waals surface area contributed by atoms with Crippen LogP contribution >= 0.6 is 0 Å². The highest BCUT2D eigenvalue weighted by atomic mass is 16.3. The van der Waals surface area contributed by atoms with Gasteiger partial charge in [0.1, 0.15) is 16.9 Å². The summed E-state index contributed by atoms with van der Waals surface area (Å²) in [7, 11) is 0. The van der Waals surface area contributed by atoms with Crippen LogP contribution in [0, 0.1) is 11.3 Å². The molecule has 0 spiro atoms.